The fourth-order valence-corrected chi connectivity index (χ4v) is 3.23. The van der Waals surface area contributed by atoms with Gasteiger partial charge in [0.25, 0.3) is 5.91 Å². The van der Waals surface area contributed by atoms with Crippen molar-refractivity contribution in [2.45, 2.75) is 13.5 Å². The van der Waals surface area contributed by atoms with Crippen molar-refractivity contribution in [1.82, 2.24) is 29.4 Å². The number of nitrogen functional groups attached to an aromatic ring is 1. The van der Waals surface area contributed by atoms with Gasteiger partial charge >= 0.3 is 0 Å². The van der Waals surface area contributed by atoms with Crippen LogP contribution in [-0.4, -0.2) is 61.5 Å². The lowest BCUT2D eigenvalue weighted by Gasteiger charge is -2.35. The number of aryl methyl sites for hydroxylation is 1. The normalized spacial score (nSPS) is 14.8. The minimum absolute atomic E-state index is 0.0391. The topological polar surface area (TPSA) is 106 Å². The second-order valence-corrected chi connectivity index (χ2v) is 6.12. The standard InChI is InChI=1S/C17H20N8O/c1-2-25-15-13(22-17(25)18)9-12(10-21-15)16(26)24-7-5-23(6-8-24)14-11-19-3-4-20-14/h3-4,9-11H,2,5-8H2,1H3,(H2,18,22). The van der Waals surface area contributed by atoms with Gasteiger partial charge in [-0.25, -0.2) is 15.0 Å². The van der Waals surface area contributed by atoms with E-state index in [4.69, 9.17) is 5.73 Å². The number of fused-ring (bicyclic) bond motifs is 1. The van der Waals surface area contributed by atoms with Gasteiger partial charge in [0.1, 0.15) is 11.3 Å². The first-order chi connectivity index (χ1) is 12.7. The zero-order chi connectivity index (χ0) is 18.1. The minimum Gasteiger partial charge on any atom is -0.369 e. The van der Waals surface area contributed by atoms with E-state index in [1.165, 1.54) is 0 Å². The summed E-state index contributed by atoms with van der Waals surface area (Å²) in [5, 5.41) is 0. The van der Waals surface area contributed by atoms with Crippen LogP contribution in [0.15, 0.2) is 30.9 Å². The quantitative estimate of drug-likeness (QED) is 0.742. The molecule has 4 heterocycles. The van der Waals surface area contributed by atoms with Crippen molar-refractivity contribution in [1.29, 1.82) is 0 Å². The number of carbonyl (C=O) groups excluding carboxylic acids is 1. The fraction of sp³-hybridized carbons (Fsp3) is 0.353. The van der Waals surface area contributed by atoms with E-state index in [1.54, 1.807) is 30.9 Å². The van der Waals surface area contributed by atoms with Crippen molar-refractivity contribution < 1.29 is 4.79 Å². The van der Waals surface area contributed by atoms with Gasteiger partial charge in [0.15, 0.2) is 5.65 Å². The molecule has 9 heteroatoms. The van der Waals surface area contributed by atoms with Crippen molar-refractivity contribution in [3.05, 3.63) is 36.4 Å². The van der Waals surface area contributed by atoms with E-state index in [0.29, 0.717) is 42.3 Å². The number of nitrogens with zero attached hydrogens (tertiary/aromatic N) is 7. The molecule has 0 aromatic carbocycles. The zero-order valence-electron chi connectivity index (χ0n) is 14.5. The van der Waals surface area contributed by atoms with Crippen LogP contribution < -0.4 is 10.6 Å². The lowest BCUT2D eigenvalue weighted by molar-refractivity contribution is 0.0746. The van der Waals surface area contributed by atoms with Crippen LogP contribution in [0.1, 0.15) is 17.3 Å². The number of amides is 1. The molecule has 4 rings (SSSR count). The number of aromatic nitrogens is 5. The van der Waals surface area contributed by atoms with Crippen molar-refractivity contribution in [2.24, 2.45) is 0 Å². The summed E-state index contributed by atoms with van der Waals surface area (Å²) in [7, 11) is 0. The summed E-state index contributed by atoms with van der Waals surface area (Å²) in [6.45, 7) is 5.36. The van der Waals surface area contributed by atoms with Gasteiger partial charge in [0.2, 0.25) is 5.95 Å². The van der Waals surface area contributed by atoms with E-state index in [0.717, 1.165) is 18.9 Å². The van der Waals surface area contributed by atoms with Gasteiger partial charge in [-0.15, -0.1) is 0 Å². The Labute approximate surface area is 150 Å². The predicted molar refractivity (Wildman–Crippen MR) is 97.8 cm³/mol. The van der Waals surface area contributed by atoms with Crippen LogP contribution in [0.3, 0.4) is 0 Å². The molecule has 1 fully saturated rings. The molecule has 2 N–H and O–H groups in total. The van der Waals surface area contributed by atoms with E-state index in [9.17, 15) is 4.79 Å². The number of hydrogen-bond donors (Lipinski definition) is 1. The number of anilines is 2. The highest BCUT2D eigenvalue weighted by molar-refractivity contribution is 5.96. The Balaban J connectivity index is 1.49. The van der Waals surface area contributed by atoms with Crippen LogP contribution >= 0.6 is 0 Å². The molecule has 1 saturated heterocycles. The third kappa shape index (κ3) is 2.81. The maximum absolute atomic E-state index is 12.8. The van der Waals surface area contributed by atoms with Crippen molar-refractivity contribution >= 4 is 28.8 Å². The molecule has 0 unspecified atom stereocenters. The van der Waals surface area contributed by atoms with Crippen molar-refractivity contribution in [3.8, 4) is 0 Å². The van der Waals surface area contributed by atoms with Gasteiger partial charge in [-0.2, -0.15) is 0 Å². The highest BCUT2D eigenvalue weighted by Crippen LogP contribution is 2.19. The van der Waals surface area contributed by atoms with Crippen molar-refractivity contribution in [2.75, 3.05) is 36.8 Å². The largest absolute Gasteiger partial charge is 0.369 e. The minimum atomic E-state index is -0.0391. The molecule has 9 nitrogen and oxygen atoms in total. The monoisotopic (exact) mass is 352 g/mol. The van der Waals surface area contributed by atoms with Crippen LogP contribution in [0.4, 0.5) is 11.8 Å². The Morgan fingerprint density at radius 1 is 1.15 bits per heavy atom. The summed E-state index contributed by atoms with van der Waals surface area (Å²) in [5.41, 5.74) is 7.79. The van der Waals surface area contributed by atoms with Gasteiger partial charge in [0.05, 0.1) is 11.8 Å². The Morgan fingerprint density at radius 3 is 2.65 bits per heavy atom. The highest BCUT2D eigenvalue weighted by Gasteiger charge is 2.24. The molecule has 0 atom stereocenters. The number of nitrogens with two attached hydrogens (primary N) is 1. The Hall–Kier alpha value is -3.23. The van der Waals surface area contributed by atoms with E-state index >= 15 is 0 Å². The number of hydrogen-bond acceptors (Lipinski definition) is 7. The number of rotatable bonds is 3. The lowest BCUT2D eigenvalue weighted by atomic mass is 10.2. The maximum Gasteiger partial charge on any atom is 0.255 e. The SMILES string of the molecule is CCn1c(N)nc2cc(C(=O)N3CCN(c4cnccn4)CC3)cnc21. The first-order valence-electron chi connectivity index (χ1n) is 8.59. The molecule has 3 aromatic heterocycles. The van der Waals surface area contributed by atoms with Crippen LogP contribution in [-0.2, 0) is 6.54 Å². The molecular weight excluding hydrogens is 332 g/mol. The molecule has 1 amide bonds. The molecule has 26 heavy (non-hydrogen) atoms. The second-order valence-electron chi connectivity index (χ2n) is 6.12. The van der Waals surface area contributed by atoms with Crippen molar-refractivity contribution in [3.63, 3.8) is 0 Å². The van der Waals surface area contributed by atoms with Crippen LogP contribution in [0.25, 0.3) is 11.2 Å². The van der Waals surface area contributed by atoms with Gasteiger partial charge in [-0.1, -0.05) is 0 Å². The molecule has 0 radical (unpaired) electrons. The van der Waals surface area contributed by atoms with Crippen LogP contribution in [0.2, 0.25) is 0 Å². The fourth-order valence-electron chi connectivity index (χ4n) is 3.23. The molecule has 0 saturated carbocycles. The molecule has 0 aliphatic carbocycles. The average molecular weight is 352 g/mol. The summed E-state index contributed by atoms with van der Waals surface area (Å²) >= 11 is 0. The number of piperazine rings is 1. The summed E-state index contributed by atoms with van der Waals surface area (Å²) in [5.74, 6) is 1.21. The van der Waals surface area contributed by atoms with E-state index in [2.05, 4.69) is 24.8 Å². The second kappa shape index (κ2) is 6.58. The summed E-state index contributed by atoms with van der Waals surface area (Å²) in [4.78, 5) is 33.9. The van der Waals surface area contributed by atoms with Gasteiger partial charge in [-0.05, 0) is 13.0 Å². The third-order valence-corrected chi connectivity index (χ3v) is 4.62. The van der Waals surface area contributed by atoms with E-state index in [1.807, 2.05) is 16.4 Å². The number of carbonyl (C=O) groups is 1. The molecule has 1 aliphatic rings. The van der Waals surface area contributed by atoms with E-state index in [-0.39, 0.29) is 5.91 Å². The Kier molecular flexibility index (Phi) is 4.11. The molecular formula is C17H20N8O. The molecule has 0 bridgehead atoms. The smallest absolute Gasteiger partial charge is 0.255 e. The van der Waals surface area contributed by atoms with Gasteiger partial charge < -0.3 is 15.5 Å². The zero-order valence-corrected chi connectivity index (χ0v) is 14.5. The molecule has 3 aromatic rings. The van der Waals surface area contributed by atoms with Gasteiger partial charge in [0, 0.05) is 51.3 Å². The van der Waals surface area contributed by atoms with Gasteiger partial charge in [-0.3, -0.25) is 14.3 Å². The third-order valence-electron chi connectivity index (χ3n) is 4.62. The summed E-state index contributed by atoms with van der Waals surface area (Å²) in [6, 6.07) is 1.77. The highest BCUT2D eigenvalue weighted by atomic mass is 16.2. The Bertz CT molecular complexity index is 931. The van der Waals surface area contributed by atoms with E-state index < -0.39 is 0 Å². The molecule has 1 aliphatic heterocycles. The summed E-state index contributed by atoms with van der Waals surface area (Å²) in [6.07, 6.45) is 6.67. The predicted octanol–water partition coefficient (Wildman–Crippen LogP) is 0.786. The Morgan fingerprint density at radius 2 is 1.96 bits per heavy atom. The lowest BCUT2D eigenvalue weighted by Crippen LogP contribution is -2.49. The maximum atomic E-state index is 12.8. The number of pyridine rings is 1. The molecule has 0 spiro atoms. The first kappa shape index (κ1) is 16.2. The molecule has 134 valence electrons. The first-order valence-corrected chi connectivity index (χ1v) is 8.59. The van der Waals surface area contributed by atoms with Crippen LogP contribution in [0.5, 0.6) is 0 Å². The number of imidazole rings is 1. The van der Waals surface area contributed by atoms with Crippen LogP contribution in [0, 0.1) is 0 Å². The average Bonchev–Trinajstić information content (AvgIpc) is 3.02. The summed E-state index contributed by atoms with van der Waals surface area (Å²) < 4.78 is 1.82.